The third-order valence-electron chi connectivity index (χ3n) is 2.75. The Labute approximate surface area is 101 Å². The van der Waals surface area contributed by atoms with Crippen molar-refractivity contribution < 1.29 is 13.2 Å². The van der Waals surface area contributed by atoms with E-state index in [9.17, 15) is 8.42 Å². The Kier molecular flexibility index (Phi) is 3.80. The molecule has 1 aliphatic heterocycles. The van der Waals surface area contributed by atoms with Crippen molar-refractivity contribution in [2.24, 2.45) is 0 Å². The van der Waals surface area contributed by atoms with Crippen LogP contribution in [0.25, 0.3) is 0 Å². The number of imidazole rings is 1. The van der Waals surface area contributed by atoms with Crippen molar-refractivity contribution in [1.29, 1.82) is 0 Å². The van der Waals surface area contributed by atoms with Gasteiger partial charge in [0.05, 0.1) is 12.3 Å². The molecule has 1 aromatic heterocycles. The first-order valence-corrected chi connectivity index (χ1v) is 7.25. The second-order valence-corrected chi connectivity index (χ2v) is 5.77. The largest absolute Gasteiger partial charge is 0.377 e. The van der Waals surface area contributed by atoms with E-state index in [0.717, 1.165) is 19.4 Å². The summed E-state index contributed by atoms with van der Waals surface area (Å²) in [5.74, 6) is 0.669. The minimum Gasteiger partial charge on any atom is -0.377 e. The van der Waals surface area contributed by atoms with Gasteiger partial charge in [-0.15, -0.1) is 0 Å². The van der Waals surface area contributed by atoms with Gasteiger partial charge in [0, 0.05) is 19.6 Å². The van der Waals surface area contributed by atoms with Crippen LogP contribution in [0, 0.1) is 0 Å². The highest BCUT2D eigenvalue weighted by atomic mass is 32.2. The van der Waals surface area contributed by atoms with Gasteiger partial charge in [-0.1, -0.05) is 6.92 Å². The van der Waals surface area contributed by atoms with E-state index in [0.29, 0.717) is 18.8 Å². The Morgan fingerprint density at radius 2 is 2.47 bits per heavy atom. The van der Waals surface area contributed by atoms with Crippen LogP contribution in [-0.2, 0) is 21.2 Å². The third kappa shape index (κ3) is 3.05. The maximum Gasteiger partial charge on any atom is 0.257 e. The van der Waals surface area contributed by atoms with Gasteiger partial charge < -0.3 is 9.72 Å². The molecule has 1 aromatic rings. The highest BCUT2D eigenvalue weighted by Gasteiger charge is 2.21. The number of nitrogens with zero attached hydrogens (tertiary/aromatic N) is 1. The van der Waals surface area contributed by atoms with E-state index >= 15 is 0 Å². The molecule has 0 bridgehead atoms. The predicted octanol–water partition coefficient (Wildman–Crippen LogP) is 0.429. The van der Waals surface area contributed by atoms with Gasteiger partial charge in [-0.2, -0.15) is 0 Å². The van der Waals surface area contributed by atoms with Gasteiger partial charge in [0.15, 0.2) is 5.03 Å². The fourth-order valence-electron chi connectivity index (χ4n) is 1.75. The average Bonchev–Trinajstić information content (AvgIpc) is 2.98. The number of H-pyrrole nitrogens is 1. The Morgan fingerprint density at radius 3 is 3.06 bits per heavy atom. The summed E-state index contributed by atoms with van der Waals surface area (Å²) in [6, 6.07) is 0. The first kappa shape index (κ1) is 12.5. The minimum absolute atomic E-state index is 0.00154. The molecule has 1 unspecified atom stereocenters. The molecule has 6 nitrogen and oxygen atoms in total. The molecule has 2 heterocycles. The van der Waals surface area contributed by atoms with E-state index in [4.69, 9.17) is 4.74 Å². The summed E-state index contributed by atoms with van der Waals surface area (Å²) in [6.45, 7) is 2.95. The van der Waals surface area contributed by atoms with Crippen molar-refractivity contribution in [3.63, 3.8) is 0 Å². The van der Waals surface area contributed by atoms with Crippen LogP contribution in [0.15, 0.2) is 11.2 Å². The van der Waals surface area contributed by atoms with Gasteiger partial charge in [0.25, 0.3) is 10.0 Å². The molecular formula is C10H17N3O3S. The smallest absolute Gasteiger partial charge is 0.257 e. The van der Waals surface area contributed by atoms with Gasteiger partial charge in [-0.3, -0.25) is 0 Å². The summed E-state index contributed by atoms with van der Waals surface area (Å²) < 4.78 is 31.6. The molecule has 2 rings (SSSR count). The zero-order chi connectivity index (χ0) is 12.3. The van der Waals surface area contributed by atoms with Crippen molar-refractivity contribution in [2.45, 2.75) is 37.3 Å². The van der Waals surface area contributed by atoms with Gasteiger partial charge in [-0.25, -0.2) is 18.1 Å². The fourth-order valence-corrected chi connectivity index (χ4v) is 2.75. The Hall–Kier alpha value is -0.920. The van der Waals surface area contributed by atoms with Crippen LogP contribution in [0.1, 0.15) is 25.6 Å². The number of hydrogen-bond acceptors (Lipinski definition) is 4. The Bertz CT molecular complexity index is 463. The summed E-state index contributed by atoms with van der Waals surface area (Å²) in [4.78, 5) is 6.75. The van der Waals surface area contributed by atoms with E-state index < -0.39 is 10.0 Å². The number of hydrogen-bond donors (Lipinski definition) is 2. The molecule has 1 atom stereocenters. The van der Waals surface area contributed by atoms with E-state index in [1.807, 2.05) is 6.92 Å². The third-order valence-corrected chi connectivity index (χ3v) is 4.09. The lowest BCUT2D eigenvalue weighted by Gasteiger charge is -2.10. The molecule has 96 valence electrons. The molecule has 1 saturated heterocycles. The van der Waals surface area contributed by atoms with Crippen LogP contribution in [-0.4, -0.2) is 37.6 Å². The van der Waals surface area contributed by atoms with Crippen molar-refractivity contribution in [3.05, 3.63) is 12.0 Å². The van der Waals surface area contributed by atoms with Crippen LogP contribution >= 0.6 is 0 Å². The zero-order valence-corrected chi connectivity index (χ0v) is 10.6. The van der Waals surface area contributed by atoms with Crippen molar-refractivity contribution in [2.75, 3.05) is 13.2 Å². The van der Waals surface area contributed by atoms with E-state index in [-0.39, 0.29) is 11.1 Å². The minimum atomic E-state index is -3.49. The number of ether oxygens (including phenoxy) is 1. The topological polar surface area (TPSA) is 84.1 Å². The molecule has 1 aliphatic rings. The van der Waals surface area contributed by atoms with Crippen molar-refractivity contribution >= 4 is 10.0 Å². The summed E-state index contributed by atoms with van der Waals surface area (Å²) in [6.07, 6.45) is 3.93. The number of aryl methyl sites for hydroxylation is 1. The lowest BCUT2D eigenvalue weighted by atomic mass is 10.2. The molecule has 0 radical (unpaired) electrons. The number of nitrogens with one attached hydrogen (secondary N) is 2. The molecule has 7 heteroatoms. The summed E-state index contributed by atoms with van der Waals surface area (Å²) >= 11 is 0. The Morgan fingerprint density at radius 1 is 1.65 bits per heavy atom. The van der Waals surface area contributed by atoms with Crippen molar-refractivity contribution in [3.8, 4) is 0 Å². The Balaban J connectivity index is 1.97. The second-order valence-electron chi connectivity index (χ2n) is 4.03. The highest BCUT2D eigenvalue weighted by molar-refractivity contribution is 7.89. The van der Waals surface area contributed by atoms with Crippen LogP contribution in [0.4, 0.5) is 0 Å². The highest BCUT2D eigenvalue weighted by Crippen LogP contribution is 2.12. The zero-order valence-electron chi connectivity index (χ0n) is 9.77. The summed E-state index contributed by atoms with van der Waals surface area (Å²) in [7, 11) is -3.49. The standard InChI is InChI=1S/C10H17N3O3S/c1-2-9-11-7-10(13-9)17(14,15)12-6-8-4-3-5-16-8/h7-8,12H,2-6H2,1H3,(H,11,13). The fraction of sp³-hybridized carbons (Fsp3) is 0.700. The van der Waals surface area contributed by atoms with Crippen LogP contribution < -0.4 is 4.72 Å². The van der Waals surface area contributed by atoms with E-state index in [1.165, 1.54) is 6.20 Å². The number of aromatic nitrogens is 2. The van der Waals surface area contributed by atoms with Crippen molar-refractivity contribution in [1.82, 2.24) is 14.7 Å². The first-order chi connectivity index (χ1) is 8.12. The molecule has 2 N–H and O–H groups in total. The quantitative estimate of drug-likeness (QED) is 0.803. The predicted molar refractivity (Wildman–Crippen MR) is 62.1 cm³/mol. The lowest BCUT2D eigenvalue weighted by molar-refractivity contribution is 0.114. The number of sulfonamides is 1. The van der Waals surface area contributed by atoms with E-state index in [1.54, 1.807) is 0 Å². The summed E-state index contributed by atoms with van der Waals surface area (Å²) in [5.41, 5.74) is 0. The molecule has 17 heavy (non-hydrogen) atoms. The molecule has 0 aliphatic carbocycles. The molecule has 0 saturated carbocycles. The molecule has 0 aromatic carbocycles. The van der Waals surface area contributed by atoms with Crippen LogP contribution in [0.2, 0.25) is 0 Å². The van der Waals surface area contributed by atoms with Crippen LogP contribution in [0.3, 0.4) is 0 Å². The monoisotopic (exact) mass is 259 g/mol. The lowest BCUT2D eigenvalue weighted by Crippen LogP contribution is -2.32. The number of rotatable bonds is 5. The normalized spacial score (nSPS) is 20.9. The van der Waals surface area contributed by atoms with Crippen LogP contribution in [0.5, 0.6) is 0 Å². The second kappa shape index (κ2) is 5.16. The summed E-state index contributed by atoms with van der Waals surface area (Å²) in [5, 5.41) is 0.118. The SMILES string of the molecule is CCc1ncc(S(=O)(=O)NCC2CCCO2)[nH]1. The number of aromatic amines is 1. The van der Waals surface area contributed by atoms with E-state index in [2.05, 4.69) is 14.7 Å². The van der Waals surface area contributed by atoms with Gasteiger partial charge in [0.2, 0.25) is 0 Å². The molecule has 0 spiro atoms. The maximum atomic E-state index is 11.9. The molecule has 1 fully saturated rings. The van der Waals surface area contributed by atoms with Gasteiger partial charge in [-0.05, 0) is 12.8 Å². The van der Waals surface area contributed by atoms with Gasteiger partial charge in [0.1, 0.15) is 5.82 Å². The maximum absolute atomic E-state index is 11.9. The first-order valence-electron chi connectivity index (χ1n) is 5.77. The van der Waals surface area contributed by atoms with Gasteiger partial charge >= 0.3 is 0 Å². The molecular weight excluding hydrogens is 242 g/mol. The average molecular weight is 259 g/mol. The molecule has 0 amide bonds.